The third-order valence-corrected chi connectivity index (χ3v) is 2.21. The lowest BCUT2D eigenvalue weighted by Crippen LogP contribution is -2.07. The Morgan fingerprint density at radius 1 is 1.75 bits per heavy atom. The first kappa shape index (κ1) is 4.36. The molecule has 0 aromatic heterocycles. The van der Waals surface area contributed by atoms with Crippen molar-refractivity contribution in [1.82, 2.24) is 4.90 Å². The molecule has 2 atom stereocenters. The van der Waals surface area contributed by atoms with E-state index in [1.807, 2.05) is 4.90 Å². The maximum Gasteiger partial charge on any atom is 0.223 e. The van der Waals surface area contributed by atoms with E-state index in [0.29, 0.717) is 18.0 Å². The predicted molar refractivity (Wildman–Crippen MR) is 29.3 cm³/mol. The molecule has 0 saturated carbocycles. The van der Waals surface area contributed by atoms with Gasteiger partial charge in [0.2, 0.25) is 5.91 Å². The second-order valence-corrected chi connectivity index (χ2v) is 2.65. The van der Waals surface area contributed by atoms with Crippen molar-refractivity contribution in [2.75, 3.05) is 0 Å². The van der Waals surface area contributed by atoms with E-state index in [1.54, 1.807) is 0 Å². The maximum absolute atomic E-state index is 10.8. The minimum Gasteiger partial charge on any atom is -0.333 e. The van der Waals surface area contributed by atoms with Crippen LogP contribution in [0, 0.1) is 0 Å². The molecule has 44 valence electrons. The van der Waals surface area contributed by atoms with Gasteiger partial charge in [-0.3, -0.25) is 4.79 Å². The lowest BCUT2D eigenvalue weighted by molar-refractivity contribution is -0.124. The summed E-state index contributed by atoms with van der Waals surface area (Å²) in [6.07, 6.45) is 1.91. The average Bonchev–Trinajstić information content (AvgIpc) is 2.13. The van der Waals surface area contributed by atoms with Crippen LogP contribution in [-0.2, 0) is 4.79 Å². The Morgan fingerprint density at radius 3 is 2.75 bits per heavy atom. The first-order valence-corrected chi connectivity index (χ1v) is 3.12. The van der Waals surface area contributed by atoms with Crippen molar-refractivity contribution in [3.63, 3.8) is 0 Å². The van der Waals surface area contributed by atoms with Gasteiger partial charge in [0.25, 0.3) is 0 Å². The number of amides is 1. The highest BCUT2D eigenvalue weighted by Gasteiger charge is 2.51. The zero-order chi connectivity index (χ0) is 5.72. The second kappa shape index (κ2) is 1.07. The number of hydrogen-bond acceptors (Lipinski definition) is 1. The summed E-state index contributed by atoms with van der Waals surface area (Å²) in [5.74, 6) is 0.363. The number of carbonyl (C=O) groups is 1. The zero-order valence-electron chi connectivity index (χ0n) is 4.92. The van der Waals surface area contributed by atoms with Gasteiger partial charge in [-0.05, 0) is 13.3 Å². The third kappa shape index (κ3) is 0.320. The fourth-order valence-corrected chi connectivity index (χ4v) is 1.61. The fraction of sp³-hybridized carbons (Fsp3) is 0.833. The van der Waals surface area contributed by atoms with E-state index in [9.17, 15) is 4.79 Å². The summed E-state index contributed by atoms with van der Waals surface area (Å²) in [5, 5.41) is 0. The molecular formula is C6H9NO. The number of hydrogen-bond donors (Lipinski definition) is 0. The maximum atomic E-state index is 10.8. The minimum absolute atomic E-state index is 0.363. The molecule has 8 heavy (non-hydrogen) atoms. The van der Waals surface area contributed by atoms with E-state index >= 15 is 0 Å². The van der Waals surface area contributed by atoms with Crippen molar-refractivity contribution in [3.8, 4) is 0 Å². The molecule has 2 aliphatic rings. The molecule has 0 N–H and O–H groups in total. The number of fused-ring (bicyclic) bond motifs is 1. The number of nitrogens with zero attached hydrogens (tertiary/aromatic N) is 1. The van der Waals surface area contributed by atoms with Crippen LogP contribution in [0.4, 0.5) is 0 Å². The van der Waals surface area contributed by atoms with Crippen LogP contribution in [0.3, 0.4) is 0 Å². The van der Waals surface area contributed by atoms with Gasteiger partial charge < -0.3 is 4.90 Å². The van der Waals surface area contributed by atoms with Gasteiger partial charge in [-0.15, -0.1) is 0 Å². The largest absolute Gasteiger partial charge is 0.333 e. The summed E-state index contributed by atoms with van der Waals surface area (Å²) in [6, 6.07) is 1.22. The van der Waals surface area contributed by atoms with Gasteiger partial charge in [0.15, 0.2) is 0 Å². The molecule has 0 spiro atoms. The quantitative estimate of drug-likeness (QED) is 0.414. The van der Waals surface area contributed by atoms with Crippen molar-refractivity contribution in [1.29, 1.82) is 0 Å². The van der Waals surface area contributed by atoms with Gasteiger partial charge >= 0.3 is 0 Å². The third-order valence-electron chi connectivity index (χ3n) is 2.21. The fourth-order valence-electron chi connectivity index (χ4n) is 1.61. The number of carbonyl (C=O) groups excluding carboxylic acids is 1. The predicted octanol–water partition coefficient (Wildman–Crippen LogP) is 0.379. The highest BCUT2D eigenvalue weighted by molar-refractivity contribution is 5.82. The van der Waals surface area contributed by atoms with Crippen LogP contribution >= 0.6 is 0 Å². The summed E-state index contributed by atoms with van der Waals surface area (Å²) in [7, 11) is 0. The van der Waals surface area contributed by atoms with Crippen LogP contribution in [0.1, 0.15) is 19.8 Å². The van der Waals surface area contributed by atoms with Crippen molar-refractivity contribution in [2.45, 2.75) is 31.8 Å². The molecule has 2 saturated heterocycles. The summed E-state index contributed by atoms with van der Waals surface area (Å²) in [5.41, 5.74) is 0. The molecule has 2 fully saturated rings. The Morgan fingerprint density at radius 2 is 2.50 bits per heavy atom. The van der Waals surface area contributed by atoms with Gasteiger partial charge in [0.1, 0.15) is 0 Å². The van der Waals surface area contributed by atoms with Crippen LogP contribution in [0.15, 0.2) is 0 Å². The highest BCUT2D eigenvalue weighted by atomic mass is 16.2. The van der Waals surface area contributed by atoms with Crippen molar-refractivity contribution >= 4 is 5.91 Å². The highest BCUT2D eigenvalue weighted by Crippen LogP contribution is 2.38. The second-order valence-electron chi connectivity index (χ2n) is 2.65. The summed E-state index contributed by atoms with van der Waals surface area (Å²) >= 11 is 0. The molecule has 0 aromatic carbocycles. The van der Waals surface area contributed by atoms with Crippen LogP contribution in [0.5, 0.6) is 0 Å². The van der Waals surface area contributed by atoms with Crippen LogP contribution in [0.25, 0.3) is 0 Å². The van der Waals surface area contributed by atoms with Gasteiger partial charge in [0.05, 0.1) is 6.04 Å². The monoisotopic (exact) mass is 111 g/mol. The summed E-state index contributed by atoms with van der Waals surface area (Å²) < 4.78 is 0. The molecule has 2 aliphatic heterocycles. The Kier molecular flexibility index (Phi) is 0.581. The van der Waals surface area contributed by atoms with Gasteiger partial charge in [-0.1, -0.05) is 0 Å². The van der Waals surface area contributed by atoms with E-state index in [4.69, 9.17) is 0 Å². The van der Waals surface area contributed by atoms with E-state index in [1.165, 1.54) is 0 Å². The van der Waals surface area contributed by atoms with Crippen molar-refractivity contribution < 1.29 is 4.79 Å². The van der Waals surface area contributed by atoms with E-state index in [2.05, 4.69) is 6.92 Å². The lowest BCUT2D eigenvalue weighted by Gasteiger charge is -1.92. The summed E-state index contributed by atoms with van der Waals surface area (Å²) in [6.45, 7) is 2.11. The Balaban J connectivity index is 2.18. The molecule has 0 aromatic rings. The van der Waals surface area contributed by atoms with E-state index in [0.717, 1.165) is 12.8 Å². The summed E-state index contributed by atoms with van der Waals surface area (Å²) in [4.78, 5) is 12.7. The molecule has 2 heteroatoms. The van der Waals surface area contributed by atoms with E-state index in [-0.39, 0.29) is 0 Å². The molecule has 2 unspecified atom stereocenters. The zero-order valence-corrected chi connectivity index (χ0v) is 4.92. The standard InChI is InChI=1S/C6H9NO/c1-4-5-2-3-6(8)7(4)5/h4-5H,2-3H2,1H3. The lowest BCUT2D eigenvalue weighted by atomic mass is 10.2. The smallest absolute Gasteiger partial charge is 0.223 e. The average molecular weight is 111 g/mol. The molecule has 2 nitrogen and oxygen atoms in total. The number of piperidine rings is 1. The van der Waals surface area contributed by atoms with Crippen molar-refractivity contribution in [3.05, 3.63) is 0 Å². The van der Waals surface area contributed by atoms with Crippen molar-refractivity contribution in [2.24, 2.45) is 0 Å². The minimum atomic E-state index is 0.363. The first-order valence-electron chi connectivity index (χ1n) is 3.12. The van der Waals surface area contributed by atoms with Crippen LogP contribution in [-0.4, -0.2) is 22.9 Å². The Bertz CT molecular complexity index is 143. The van der Waals surface area contributed by atoms with Gasteiger partial charge in [0, 0.05) is 12.5 Å². The molecule has 2 rings (SSSR count). The first-order chi connectivity index (χ1) is 3.80. The Labute approximate surface area is 48.5 Å². The normalized spacial score (nSPS) is 42.6. The SMILES string of the molecule is CC1C2CCC(=O)N12. The van der Waals surface area contributed by atoms with Crippen LogP contribution in [0.2, 0.25) is 0 Å². The molecule has 0 bridgehead atoms. The molecule has 0 radical (unpaired) electrons. The molecule has 0 aliphatic carbocycles. The molecule has 1 amide bonds. The molecular weight excluding hydrogens is 102 g/mol. The van der Waals surface area contributed by atoms with Gasteiger partial charge in [-0.2, -0.15) is 0 Å². The van der Waals surface area contributed by atoms with Crippen LogP contribution < -0.4 is 0 Å². The number of rotatable bonds is 0. The van der Waals surface area contributed by atoms with E-state index < -0.39 is 0 Å². The Hall–Kier alpha value is -0.530. The van der Waals surface area contributed by atoms with Gasteiger partial charge in [-0.25, -0.2) is 0 Å². The topological polar surface area (TPSA) is 20.1 Å². The molecule has 2 heterocycles.